The van der Waals surface area contributed by atoms with Gasteiger partial charge in [-0.15, -0.1) is 11.8 Å². The quantitative estimate of drug-likeness (QED) is 0.120. The Morgan fingerprint density at radius 2 is 1.62 bits per heavy atom. The van der Waals surface area contributed by atoms with Crippen LogP contribution in [0.2, 0.25) is 0 Å². The van der Waals surface area contributed by atoms with Crippen molar-refractivity contribution in [2.45, 2.75) is 23.5 Å². The summed E-state index contributed by atoms with van der Waals surface area (Å²) in [6.07, 6.45) is 1.55. The standard InChI is InChI=1S/C36H31N3O7S/c1-3-46-36(44)25-14-16-27(17-15-25)39-32(40)22-31(35(39)43)47-29-11-7-10-26(21-29)37-34(42)30(20-23-12-18-28(45-2)19-13-23)38-33(41)24-8-5-4-6-9-24/h4-21,31H,3,22H2,1-2H3,(H,37,42)(H,38,41)/b30-20-. The van der Waals surface area contributed by atoms with Gasteiger partial charge in [0.25, 0.3) is 11.8 Å². The molecule has 2 N–H and O–H groups in total. The average molecular weight is 650 g/mol. The maximum atomic E-state index is 13.5. The number of carbonyl (C=O) groups is 5. The first kappa shape index (κ1) is 32.7. The van der Waals surface area contributed by atoms with Gasteiger partial charge >= 0.3 is 5.97 Å². The van der Waals surface area contributed by atoms with Gasteiger partial charge in [-0.05, 0) is 85.3 Å². The molecule has 0 radical (unpaired) electrons. The second-order valence-corrected chi connectivity index (χ2v) is 11.6. The molecule has 0 bridgehead atoms. The van der Waals surface area contributed by atoms with Gasteiger partial charge in [-0.3, -0.25) is 19.2 Å². The molecule has 1 saturated heterocycles. The number of rotatable bonds is 11. The van der Waals surface area contributed by atoms with Gasteiger partial charge in [0.2, 0.25) is 11.8 Å². The average Bonchev–Trinajstić information content (AvgIpc) is 3.36. The van der Waals surface area contributed by atoms with Crippen molar-refractivity contribution < 1.29 is 33.4 Å². The van der Waals surface area contributed by atoms with Crippen molar-refractivity contribution >= 4 is 58.8 Å². The molecule has 0 spiro atoms. The number of hydrogen-bond acceptors (Lipinski definition) is 8. The molecule has 1 atom stereocenters. The fourth-order valence-electron chi connectivity index (χ4n) is 4.75. The van der Waals surface area contributed by atoms with E-state index in [2.05, 4.69) is 10.6 Å². The van der Waals surface area contributed by atoms with Crippen LogP contribution in [0, 0.1) is 0 Å². The molecule has 0 aliphatic carbocycles. The molecule has 0 saturated carbocycles. The Morgan fingerprint density at radius 1 is 0.894 bits per heavy atom. The third-order valence-corrected chi connectivity index (χ3v) is 8.25. The smallest absolute Gasteiger partial charge is 0.338 e. The molecule has 1 heterocycles. The number of hydrogen-bond donors (Lipinski definition) is 2. The molecule has 47 heavy (non-hydrogen) atoms. The predicted octanol–water partition coefficient (Wildman–Crippen LogP) is 5.71. The molecule has 11 heteroatoms. The Hall–Kier alpha value is -5.68. The lowest BCUT2D eigenvalue weighted by Gasteiger charge is -2.15. The molecule has 1 fully saturated rings. The summed E-state index contributed by atoms with van der Waals surface area (Å²) >= 11 is 1.21. The summed E-state index contributed by atoms with van der Waals surface area (Å²) in [5.74, 6) is -1.59. The number of esters is 1. The van der Waals surface area contributed by atoms with Gasteiger partial charge in [0.05, 0.1) is 30.2 Å². The van der Waals surface area contributed by atoms with Crippen molar-refractivity contribution in [3.05, 3.63) is 126 Å². The number of carbonyl (C=O) groups excluding carboxylic acids is 5. The predicted molar refractivity (Wildman–Crippen MR) is 179 cm³/mol. The fourth-order valence-corrected chi connectivity index (χ4v) is 5.86. The largest absolute Gasteiger partial charge is 0.497 e. The summed E-state index contributed by atoms with van der Waals surface area (Å²) in [4.78, 5) is 66.4. The van der Waals surface area contributed by atoms with E-state index in [-0.39, 0.29) is 30.5 Å². The Bertz CT molecular complexity index is 1820. The molecule has 238 valence electrons. The topological polar surface area (TPSA) is 131 Å². The minimum Gasteiger partial charge on any atom is -0.497 e. The second-order valence-electron chi connectivity index (χ2n) is 10.3. The maximum Gasteiger partial charge on any atom is 0.338 e. The first-order valence-electron chi connectivity index (χ1n) is 14.7. The van der Waals surface area contributed by atoms with Crippen molar-refractivity contribution in [2.24, 2.45) is 0 Å². The molecule has 1 unspecified atom stereocenters. The Balaban J connectivity index is 1.30. The van der Waals surface area contributed by atoms with E-state index in [1.165, 1.54) is 23.9 Å². The summed E-state index contributed by atoms with van der Waals surface area (Å²) < 4.78 is 10.2. The highest BCUT2D eigenvalue weighted by Gasteiger charge is 2.40. The highest BCUT2D eigenvalue weighted by atomic mass is 32.2. The van der Waals surface area contributed by atoms with Gasteiger partial charge in [-0.2, -0.15) is 0 Å². The van der Waals surface area contributed by atoms with E-state index < -0.39 is 23.0 Å². The van der Waals surface area contributed by atoms with E-state index >= 15 is 0 Å². The third kappa shape index (κ3) is 8.13. The van der Waals surface area contributed by atoms with Crippen LogP contribution in [0.5, 0.6) is 5.75 Å². The number of amides is 4. The van der Waals surface area contributed by atoms with E-state index in [9.17, 15) is 24.0 Å². The van der Waals surface area contributed by atoms with Crippen LogP contribution in [-0.2, 0) is 19.1 Å². The summed E-state index contributed by atoms with van der Waals surface area (Å²) in [5.41, 5.74) is 2.19. The summed E-state index contributed by atoms with van der Waals surface area (Å²) in [6.45, 7) is 1.94. The highest BCUT2D eigenvalue weighted by molar-refractivity contribution is 8.00. The number of nitrogens with one attached hydrogen (secondary N) is 2. The molecule has 1 aliphatic rings. The van der Waals surface area contributed by atoms with Crippen molar-refractivity contribution in [1.82, 2.24) is 5.32 Å². The number of benzene rings is 4. The minimum atomic E-state index is -0.686. The van der Waals surface area contributed by atoms with Crippen molar-refractivity contribution in [2.75, 3.05) is 23.9 Å². The molecule has 4 aromatic rings. The molecular weight excluding hydrogens is 618 g/mol. The number of nitrogens with zero attached hydrogens (tertiary/aromatic N) is 1. The first-order valence-corrected chi connectivity index (χ1v) is 15.6. The van der Waals surface area contributed by atoms with Crippen LogP contribution in [-0.4, -0.2) is 48.6 Å². The number of imide groups is 1. The minimum absolute atomic E-state index is 0.0139. The van der Waals surface area contributed by atoms with Crippen LogP contribution in [0.1, 0.15) is 39.6 Å². The summed E-state index contributed by atoms with van der Waals surface area (Å²) in [6, 6.07) is 28.5. The summed E-state index contributed by atoms with van der Waals surface area (Å²) in [5, 5.41) is 4.85. The van der Waals surface area contributed by atoms with Crippen LogP contribution >= 0.6 is 11.8 Å². The van der Waals surface area contributed by atoms with Gasteiger partial charge in [0.1, 0.15) is 11.4 Å². The SMILES string of the molecule is CCOC(=O)c1ccc(N2C(=O)CC(Sc3cccc(NC(=O)/C(=C/c4ccc(OC)cc4)NC(=O)c4ccccc4)c3)C2=O)cc1. The van der Waals surface area contributed by atoms with Crippen molar-refractivity contribution in [1.29, 1.82) is 0 Å². The maximum absolute atomic E-state index is 13.5. The highest BCUT2D eigenvalue weighted by Crippen LogP contribution is 2.35. The third-order valence-electron chi connectivity index (χ3n) is 7.07. The zero-order valence-electron chi connectivity index (χ0n) is 25.6. The molecule has 1 aliphatic heterocycles. The van der Waals surface area contributed by atoms with Crippen LogP contribution < -0.4 is 20.3 Å². The number of ether oxygens (including phenoxy) is 2. The van der Waals surface area contributed by atoms with Crippen molar-refractivity contribution in [3.8, 4) is 5.75 Å². The zero-order chi connectivity index (χ0) is 33.3. The van der Waals surface area contributed by atoms with E-state index in [4.69, 9.17) is 9.47 Å². The van der Waals surface area contributed by atoms with E-state index in [0.717, 1.165) is 4.90 Å². The molecule has 0 aromatic heterocycles. The van der Waals surface area contributed by atoms with Gasteiger partial charge in [-0.25, -0.2) is 9.69 Å². The Kier molecular flexibility index (Phi) is 10.5. The molecule has 4 amide bonds. The first-order chi connectivity index (χ1) is 22.7. The van der Waals surface area contributed by atoms with Crippen LogP contribution in [0.3, 0.4) is 0 Å². The fraction of sp³-hybridized carbons (Fsp3) is 0.139. The number of thioether (sulfide) groups is 1. The molecule has 10 nitrogen and oxygen atoms in total. The van der Waals surface area contributed by atoms with E-state index in [0.29, 0.717) is 38.7 Å². The van der Waals surface area contributed by atoms with Gasteiger partial charge in [0, 0.05) is 22.6 Å². The van der Waals surface area contributed by atoms with Gasteiger partial charge in [-0.1, -0.05) is 36.4 Å². The number of anilines is 2. The lowest BCUT2D eigenvalue weighted by atomic mass is 10.1. The molecule has 5 rings (SSSR count). The zero-order valence-corrected chi connectivity index (χ0v) is 26.4. The lowest BCUT2D eigenvalue weighted by molar-refractivity contribution is -0.121. The lowest BCUT2D eigenvalue weighted by Crippen LogP contribution is -2.31. The van der Waals surface area contributed by atoms with Crippen LogP contribution in [0.4, 0.5) is 11.4 Å². The monoisotopic (exact) mass is 649 g/mol. The van der Waals surface area contributed by atoms with Crippen LogP contribution in [0.15, 0.2) is 114 Å². The molecule has 4 aromatic carbocycles. The van der Waals surface area contributed by atoms with Crippen molar-refractivity contribution in [3.63, 3.8) is 0 Å². The number of methoxy groups -OCH3 is 1. The summed E-state index contributed by atoms with van der Waals surface area (Å²) in [7, 11) is 1.56. The van der Waals surface area contributed by atoms with E-state index in [1.54, 1.807) is 111 Å². The van der Waals surface area contributed by atoms with Crippen LogP contribution in [0.25, 0.3) is 6.08 Å². The van der Waals surface area contributed by atoms with Gasteiger partial charge in [0.15, 0.2) is 0 Å². The Labute approximate surface area is 275 Å². The molecular formula is C36H31N3O7S. The van der Waals surface area contributed by atoms with Gasteiger partial charge < -0.3 is 20.1 Å². The normalized spacial score (nSPS) is 14.5. The second kappa shape index (κ2) is 15.1. The van der Waals surface area contributed by atoms with E-state index in [1.807, 2.05) is 0 Å². The Morgan fingerprint density at radius 3 is 2.30 bits per heavy atom.